The molecule has 0 saturated carbocycles. The fraction of sp³-hybridized carbons (Fsp3) is 0.0755. The fourth-order valence-electron chi connectivity index (χ4n) is 9.60. The van der Waals surface area contributed by atoms with E-state index < -0.39 is 0 Å². The zero-order valence-corrected chi connectivity index (χ0v) is 32.4. The van der Waals surface area contributed by atoms with Gasteiger partial charge in [-0.25, -0.2) is 4.98 Å². The van der Waals surface area contributed by atoms with Crippen LogP contribution in [0.4, 0.5) is 17.1 Å². The van der Waals surface area contributed by atoms with E-state index in [0.717, 1.165) is 46.7 Å². The quantitative estimate of drug-likeness (QED) is 0.176. The van der Waals surface area contributed by atoms with Crippen LogP contribution in [-0.2, 0) is 13.5 Å². The van der Waals surface area contributed by atoms with Gasteiger partial charge in [-0.15, -0.1) is 0 Å². The van der Waals surface area contributed by atoms with Crippen LogP contribution in [0.5, 0.6) is 0 Å². The van der Waals surface area contributed by atoms with Gasteiger partial charge in [0.15, 0.2) is 0 Å². The van der Waals surface area contributed by atoms with Crippen LogP contribution in [0, 0.1) is 0 Å². The van der Waals surface area contributed by atoms with E-state index in [-0.39, 0.29) is 0 Å². The van der Waals surface area contributed by atoms with Gasteiger partial charge in [0, 0.05) is 41.8 Å². The number of fused-ring (bicyclic) bond motifs is 8. The van der Waals surface area contributed by atoms with Gasteiger partial charge in [-0.1, -0.05) is 115 Å². The van der Waals surface area contributed by atoms with E-state index >= 15 is 0 Å². The predicted molar refractivity (Wildman–Crippen MR) is 241 cm³/mol. The van der Waals surface area contributed by atoms with Gasteiger partial charge in [0.2, 0.25) is 0 Å². The summed E-state index contributed by atoms with van der Waals surface area (Å²) in [6.07, 6.45) is 0.984. The summed E-state index contributed by atoms with van der Waals surface area (Å²) in [5, 5.41) is 2.44. The Kier molecular flexibility index (Phi) is 7.12. The molecule has 0 bridgehead atoms. The number of anilines is 3. The minimum absolute atomic E-state index is 0.801. The maximum Gasteiger partial charge on any atom is 0.140 e. The lowest BCUT2D eigenvalue weighted by Crippen LogP contribution is -2.24. The van der Waals surface area contributed by atoms with Crippen molar-refractivity contribution < 1.29 is 0 Å². The summed E-state index contributed by atoms with van der Waals surface area (Å²) in [5.41, 5.74) is 20.7. The molecule has 5 nitrogen and oxygen atoms in total. The van der Waals surface area contributed by atoms with Crippen LogP contribution in [0.3, 0.4) is 0 Å². The van der Waals surface area contributed by atoms with Gasteiger partial charge >= 0.3 is 0 Å². The van der Waals surface area contributed by atoms with E-state index in [1.807, 2.05) is 0 Å². The molecule has 10 aromatic rings. The summed E-state index contributed by atoms with van der Waals surface area (Å²) in [5.74, 6) is 0.950. The Bertz CT molecular complexity index is 3280. The van der Waals surface area contributed by atoms with Crippen LogP contribution in [0.2, 0.25) is 0 Å². The minimum atomic E-state index is 0.801. The van der Waals surface area contributed by atoms with Crippen LogP contribution in [-0.4, -0.2) is 27.8 Å². The third kappa shape index (κ3) is 4.99. The first-order chi connectivity index (χ1) is 28.6. The van der Waals surface area contributed by atoms with Gasteiger partial charge in [-0.05, 0) is 112 Å². The van der Waals surface area contributed by atoms with Crippen LogP contribution in [0.1, 0.15) is 11.1 Å². The standard InChI is InChI=1S/C53H39N5/c1-55-33-57(50-18-9-8-17-49(50)55)41-14-10-15-42(32-41)58-48-26-22-36(34-11-4-3-5-12-34)29-46(48)45-24-20-39(31-51(45)58)53-54-47-25-21-37(30-52(47)56(53)2)35-19-23-44-40(27-35)28-38-13-6-7-16-43(38)44/h3-27,29-32H,28,33H2,1-2H3. The highest BCUT2D eigenvalue weighted by Crippen LogP contribution is 2.43. The molecule has 0 atom stereocenters. The Labute approximate surface area is 337 Å². The van der Waals surface area contributed by atoms with Crippen molar-refractivity contribution in [1.29, 1.82) is 0 Å². The number of hydrogen-bond acceptors (Lipinski definition) is 3. The van der Waals surface area contributed by atoms with Crippen molar-refractivity contribution in [2.24, 2.45) is 7.05 Å². The highest BCUT2D eigenvalue weighted by atomic mass is 15.4. The molecule has 0 radical (unpaired) electrons. The summed E-state index contributed by atoms with van der Waals surface area (Å²) < 4.78 is 4.69. The maximum atomic E-state index is 5.26. The van der Waals surface area contributed by atoms with E-state index in [4.69, 9.17) is 4.98 Å². The third-order valence-corrected chi connectivity index (χ3v) is 12.5. The second-order valence-corrected chi connectivity index (χ2v) is 15.8. The zero-order chi connectivity index (χ0) is 38.5. The van der Waals surface area contributed by atoms with Crippen LogP contribution >= 0.6 is 0 Å². The first-order valence-corrected chi connectivity index (χ1v) is 20.1. The van der Waals surface area contributed by atoms with E-state index in [9.17, 15) is 0 Å². The molecular formula is C53H39N5. The number of rotatable bonds is 5. The molecule has 58 heavy (non-hydrogen) atoms. The Hall–Kier alpha value is -7.37. The SMILES string of the molecule is CN1CN(c2cccc(-n3c4ccc(-c5ccccc5)cc4c4ccc(-c5nc6ccc(-c7ccc8c(c7)Cc7ccccc7-8)cc6n5C)cc43)c2)c2ccccc21. The fourth-order valence-corrected chi connectivity index (χ4v) is 9.60. The van der Waals surface area contributed by atoms with Gasteiger partial charge in [-0.3, -0.25) is 0 Å². The molecule has 0 unspecified atom stereocenters. The lowest BCUT2D eigenvalue weighted by Gasteiger charge is -2.21. The molecule has 2 aliphatic rings. The predicted octanol–water partition coefficient (Wildman–Crippen LogP) is 12.8. The molecule has 1 aliphatic carbocycles. The lowest BCUT2D eigenvalue weighted by atomic mass is 9.99. The second kappa shape index (κ2) is 12.6. The van der Waals surface area contributed by atoms with Crippen molar-refractivity contribution in [3.05, 3.63) is 187 Å². The number of benzene rings is 8. The molecule has 5 heteroatoms. The molecule has 0 saturated heterocycles. The Morgan fingerprint density at radius 2 is 1.16 bits per heavy atom. The van der Waals surface area contributed by atoms with Crippen molar-refractivity contribution >= 4 is 49.9 Å². The molecule has 12 rings (SSSR count). The molecule has 2 aromatic heterocycles. The van der Waals surface area contributed by atoms with E-state index in [1.54, 1.807) is 0 Å². The molecule has 276 valence electrons. The molecule has 8 aromatic carbocycles. The summed E-state index contributed by atoms with van der Waals surface area (Å²) in [7, 11) is 4.31. The van der Waals surface area contributed by atoms with Crippen LogP contribution < -0.4 is 9.80 Å². The highest BCUT2D eigenvalue weighted by Gasteiger charge is 2.25. The summed E-state index contributed by atoms with van der Waals surface area (Å²) in [4.78, 5) is 9.97. The number of nitrogens with zero attached hydrogens (tertiary/aromatic N) is 5. The number of imidazole rings is 1. The van der Waals surface area contributed by atoms with E-state index in [1.165, 1.54) is 77.9 Å². The topological polar surface area (TPSA) is 29.2 Å². The molecule has 0 spiro atoms. The summed E-state index contributed by atoms with van der Waals surface area (Å²) in [6, 6.07) is 64.5. The monoisotopic (exact) mass is 745 g/mol. The van der Waals surface area contributed by atoms with Crippen molar-refractivity contribution in [1.82, 2.24) is 14.1 Å². The molecule has 3 heterocycles. The molecule has 0 N–H and O–H groups in total. The molecular weight excluding hydrogens is 707 g/mol. The molecule has 0 fully saturated rings. The average molecular weight is 746 g/mol. The van der Waals surface area contributed by atoms with Gasteiger partial charge in [0.1, 0.15) is 5.82 Å². The van der Waals surface area contributed by atoms with E-state index in [2.05, 4.69) is 209 Å². The highest BCUT2D eigenvalue weighted by molar-refractivity contribution is 6.11. The van der Waals surface area contributed by atoms with Crippen molar-refractivity contribution in [2.45, 2.75) is 6.42 Å². The van der Waals surface area contributed by atoms with Crippen LogP contribution in [0.25, 0.3) is 83.3 Å². The maximum absolute atomic E-state index is 5.26. The normalized spacial score (nSPS) is 13.1. The van der Waals surface area contributed by atoms with Gasteiger partial charge in [0.25, 0.3) is 0 Å². The summed E-state index contributed by atoms with van der Waals surface area (Å²) in [6.45, 7) is 0.801. The minimum Gasteiger partial charge on any atom is -0.355 e. The van der Waals surface area contributed by atoms with Crippen molar-refractivity contribution in [3.63, 3.8) is 0 Å². The van der Waals surface area contributed by atoms with Crippen molar-refractivity contribution in [2.75, 3.05) is 23.5 Å². The van der Waals surface area contributed by atoms with Gasteiger partial charge < -0.3 is 18.9 Å². The number of aromatic nitrogens is 3. The molecule has 1 aliphatic heterocycles. The Morgan fingerprint density at radius 1 is 0.448 bits per heavy atom. The largest absolute Gasteiger partial charge is 0.355 e. The Balaban J connectivity index is 0.990. The zero-order valence-electron chi connectivity index (χ0n) is 32.4. The first kappa shape index (κ1) is 32.8. The second-order valence-electron chi connectivity index (χ2n) is 15.8. The number of para-hydroxylation sites is 2. The lowest BCUT2D eigenvalue weighted by molar-refractivity contribution is 0.948. The third-order valence-electron chi connectivity index (χ3n) is 12.5. The number of hydrogen-bond donors (Lipinski definition) is 0. The van der Waals surface area contributed by atoms with Crippen molar-refractivity contribution in [3.8, 4) is 50.5 Å². The summed E-state index contributed by atoms with van der Waals surface area (Å²) >= 11 is 0. The average Bonchev–Trinajstić information content (AvgIpc) is 4.02. The Morgan fingerprint density at radius 3 is 2.07 bits per heavy atom. The smallest absolute Gasteiger partial charge is 0.140 e. The molecule has 0 amide bonds. The van der Waals surface area contributed by atoms with E-state index in [0.29, 0.717) is 0 Å². The first-order valence-electron chi connectivity index (χ1n) is 20.1. The van der Waals surface area contributed by atoms with Gasteiger partial charge in [-0.2, -0.15) is 0 Å². The van der Waals surface area contributed by atoms with Gasteiger partial charge in [0.05, 0.1) is 40.1 Å². The van der Waals surface area contributed by atoms with Crippen LogP contribution in [0.15, 0.2) is 176 Å². The number of aryl methyl sites for hydroxylation is 1.